The fourth-order valence-electron chi connectivity index (χ4n) is 2.79. The van der Waals surface area contributed by atoms with Crippen molar-refractivity contribution in [2.24, 2.45) is 0 Å². The fourth-order valence-corrected chi connectivity index (χ4v) is 2.79. The van der Waals surface area contributed by atoms with Gasteiger partial charge in [0.2, 0.25) is 5.88 Å². The van der Waals surface area contributed by atoms with Gasteiger partial charge >= 0.3 is 0 Å². The van der Waals surface area contributed by atoms with Gasteiger partial charge in [0, 0.05) is 37.1 Å². The van der Waals surface area contributed by atoms with Crippen LogP contribution in [-0.2, 0) is 13.1 Å². The van der Waals surface area contributed by atoms with Crippen LogP contribution < -0.4 is 10.1 Å². The first-order chi connectivity index (χ1) is 13.9. The molecular weight excluding hydrogens is 348 g/mol. The monoisotopic (exact) mass is 368 g/mol. The summed E-state index contributed by atoms with van der Waals surface area (Å²) >= 11 is 0. The number of hydrogen-bond donors (Lipinski definition) is 1. The lowest BCUT2D eigenvalue weighted by molar-refractivity contribution is 0.459. The molecule has 0 saturated carbocycles. The van der Waals surface area contributed by atoms with E-state index in [1.54, 1.807) is 6.20 Å². The highest BCUT2D eigenvalue weighted by Crippen LogP contribution is 2.19. The van der Waals surface area contributed by atoms with Crippen molar-refractivity contribution >= 4 is 0 Å². The molecule has 0 atom stereocenters. The normalized spacial score (nSPS) is 10.6. The van der Waals surface area contributed by atoms with Gasteiger partial charge in [-0.2, -0.15) is 0 Å². The van der Waals surface area contributed by atoms with Crippen molar-refractivity contribution in [3.05, 3.63) is 103 Å². The molecule has 0 aliphatic carbocycles. The lowest BCUT2D eigenvalue weighted by Crippen LogP contribution is -2.14. The zero-order valence-electron chi connectivity index (χ0n) is 15.3. The maximum atomic E-state index is 5.79. The van der Waals surface area contributed by atoms with Crippen molar-refractivity contribution in [1.82, 2.24) is 20.3 Å². The molecule has 3 heterocycles. The predicted molar refractivity (Wildman–Crippen MR) is 109 cm³/mol. The second-order valence-corrected chi connectivity index (χ2v) is 6.24. The lowest BCUT2D eigenvalue weighted by atomic mass is 10.2. The van der Waals surface area contributed by atoms with Crippen LogP contribution in [0.15, 0.2) is 91.3 Å². The number of aromatic nitrogens is 3. The summed E-state index contributed by atoms with van der Waals surface area (Å²) < 4.78 is 5.79. The minimum absolute atomic E-state index is 0.585. The third-order valence-corrected chi connectivity index (χ3v) is 4.12. The Morgan fingerprint density at radius 3 is 2.29 bits per heavy atom. The standard InChI is InChI=1S/C23H20N4O/c1-2-10-21(11-3-1)28-23-13-5-9-20(27-23)17-25-16-19-8-4-12-22(26-19)18-7-6-14-24-15-18/h1-15,25H,16-17H2. The minimum Gasteiger partial charge on any atom is -0.439 e. The molecule has 28 heavy (non-hydrogen) atoms. The maximum Gasteiger partial charge on any atom is 0.219 e. The number of pyridine rings is 3. The quantitative estimate of drug-likeness (QED) is 0.516. The fraction of sp³-hybridized carbons (Fsp3) is 0.0870. The number of rotatable bonds is 7. The van der Waals surface area contributed by atoms with Crippen LogP contribution in [0.2, 0.25) is 0 Å². The molecule has 3 aromatic heterocycles. The molecule has 0 aliphatic rings. The van der Waals surface area contributed by atoms with E-state index in [1.807, 2.05) is 85.1 Å². The summed E-state index contributed by atoms with van der Waals surface area (Å²) in [5.41, 5.74) is 3.82. The first kappa shape index (κ1) is 17.8. The van der Waals surface area contributed by atoms with E-state index >= 15 is 0 Å². The molecule has 5 nitrogen and oxygen atoms in total. The number of nitrogens with one attached hydrogen (secondary N) is 1. The van der Waals surface area contributed by atoms with Gasteiger partial charge in [0.1, 0.15) is 5.75 Å². The van der Waals surface area contributed by atoms with Gasteiger partial charge in [-0.1, -0.05) is 30.3 Å². The molecular formula is C23H20N4O. The van der Waals surface area contributed by atoms with E-state index < -0.39 is 0 Å². The van der Waals surface area contributed by atoms with Crippen LogP contribution >= 0.6 is 0 Å². The molecule has 0 amide bonds. The van der Waals surface area contributed by atoms with Crippen LogP contribution in [0.4, 0.5) is 0 Å². The number of ether oxygens (including phenoxy) is 1. The van der Waals surface area contributed by atoms with E-state index in [1.165, 1.54) is 0 Å². The number of para-hydroxylation sites is 1. The molecule has 0 fully saturated rings. The van der Waals surface area contributed by atoms with Gasteiger partial charge in [-0.05, 0) is 42.5 Å². The van der Waals surface area contributed by atoms with Gasteiger partial charge in [0.05, 0.1) is 17.1 Å². The van der Waals surface area contributed by atoms with Crippen LogP contribution in [-0.4, -0.2) is 15.0 Å². The maximum absolute atomic E-state index is 5.79. The smallest absolute Gasteiger partial charge is 0.219 e. The molecule has 4 rings (SSSR count). The topological polar surface area (TPSA) is 59.9 Å². The zero-order valence-corrected chi connectivity index (χ0v) is 15.3. The van der Waals surface area contributed by atoms with Gasteiger partial charge in [0.25, 0.3) is 0 Å². The predicted octanol–water partition coefficient (Wildman–Crippen LogP) is 4.62. The average molecular weight is 368 g/mol. The van der Waals surface area contributed by atoms with E-state index in [9.17, 15) is 0 Å². The Balaban J connectivity index is 1.36. The van der Waals surface area contributed by atoms with Gasteiger partial charge < -0.3 is 10.1 Å². The van der Waals surface area contributed by atoms with E-state index in [0.717, 1.165) is 28.4 Å². The molecule has 0 spiro atoms. The molecule has 0 bridgehead atoms. The average Bonchev–Trinajstić information content (AvgIpc) is 2.76. The molecule has 0 saturated heterocycles. The molecule has 0 radical (unpaired) electrons. The van der Waals surface area contributed by atoms with Crippen molar-refractivity contribution in [2.75, 3.05) is 0 Å². The van der Waals surface area contributed by atoms with Crippen LogP contribution in [0, 0.1) is 0 Å². The summed E-state index contributed by atoms with van der Waals surface area (Å²) in [4.78, 5) is 13.4. The summed E-state index contributed by atoms with van der Waals surface area (Å²) in [6.45, 7) is 1.28. The summed E-state index contributed by atoms with van der Waals surface area (Å²) in [5.74, 6) is 1.36. The highest BCUT2D eigenvalue weighted by Gasteiger charge is 2.03. The molecule has 0 unspecified atom stereocenters. The summed E-state index contributed by atoms with van der Waals surface area (Å²) in [7, 11) is 0. The summed E-state index contributed by atoms with van der Waals surface area (Å²) in [5, 5.41) is 3.39. The van der Waals surface area contributed by atoms with Gasteiger partial charge in [-0.15, -0.1) is 0 Å². The largest absolute Gasteiger partial charge is 0.439 e. The molecule has 1 N–H and O–H groups in total. The van der Waals surface area contributed by atoms with Gasteiger partial charge in [-0.25, -0.2) is 4.98 Å². The van der Waals surface area contributed by atoms with Crippen LogP contribution in [0.1, 0.15) is 11.4 Å². The van der Waals surface area contributed by atoms with Gasteiger partial charge in [0.15, 0.2) is 0 Å². The number of hydrogen-bond acceptors (Lipinski definition) is 5. The first-order valence-corrected chi connectivity index (χ1v) is 9.13. The highest BCUT2D eigenvalue weighted by molar-refractivity contribution is 5.57. The Morgan fingerprint density at radius 1 is 0.714 bits per heavy atom. The van der Waals surface area contributed by atoms with Crippen molar-refractivity contribution in [2.45, 2.75) is 13.1 Å². The third kappa shape index (κ3) is 4.78. The minimum atomic E-state index is 0.585. The second kappa shape index (κ2) is 8.88. The summed E-state index contributed by atoms with van der Waals surface area (Å²) in [6, 6.07) is 25.4. The van der Waals surface area contributed by atoms with Crippen molar-refractivity contribution in [3.8, 4) is 22.9 Å². The van der Waals surface area contributed by atoms with Gasteiger partial charge in [-0.3, -0.25) is 9.97 Å². The number of nitrogens with zero attached hydrogens (tertiary/aromatic N) is 3. The van der Waals surface area contributed by atoms with Crippen molar-refractivity contribution in [1.29, 1.82) is 0 Å². The molecule has 138 valence electrons. The van der Waals surface area contributed by atoms with E-state index in [-0.39, 0.29) is 0 Å². The number of benzene rings is 1. The van der Waals surface area contributed by atoms with E-state index in [2.05, 4.69) is 15.3 Å². The molecule has 5 heteroatoms. The van der Waals surface area contributed by atoms with Crippen molar-refractivity contribution in [3.63, 3.8) is 0 Å². The Labute approximate surface area is 164 Å². The Bertz CT molecular complexity index is 1020. The molecule has 0 aliphatic heterocycles. The second-order valence-electron chi connectivity index (χ2n) is 6.24. The van der Waals surface area contributed by atoms with Crippen LogP contribution in [0.3, 0.4) is 0 Å². The Hall–Kier alpha value is -3.57. The van der Waals surface area contributed by atoms with E-state index in [4.69, 9.17) is 9.72 Å². The lowest BCUT2D eigenvalue weighted by Gasteiger charge is -2.08. The Morgan fingerprint density at radius 2 is 1.50 bits per heavy atom. The molecule has 4 aromatic rings. The third-order valence-electron chi connectivity index (χ3n) is 4.12. The zero-order chi connectivity index (χ0) is 19.0. The van der Waals surface area contributed by atoms with Crippen molar-refractivity contribution < 1.29 is 4.74 Å². The summed E-state index contributed by atoms with van der Waals surface area (Å²) in [6.07, 6.45) is 3.58. The Kier molecular flexibility index (Phi) is 5.65. The van der Waals surface area contributed by atoms with Crippen LogP contribution in [0.25, 0.3) is 11.3 Å². The van der Waals surface area contributed by atoms with Crippen LogP contribution in [0.5, 0.6) is 11.6 Å². The molecule has 1 aromatic carbocycles. The first-order valence-electron chi connectivity index (χ1n) is 9.13. The highest BCUT2D eigenvalue weighted by atomic mass is 16.5. The SMILES string of the molecule is c1ccc(Oc2cccc(CNCc3cccc(-c4cccnc4)n3)n2)cc1. The van der Waals surface area contributed by atoms with E-state index in [0.29, 0.717) is 19.0 Å².